The van der Waals surface area contributed by atoms with Crippen molar-refractivity contribution in [3.63, 3.8) is 0 Å². The minimum atomic E-state index is -0.274. The first-order valence-electron chi connectivity index (χ1n) is 16.5. The van der Waals surface area contributed by atoms with E-state index in [0.717, 1.165) is 70.4 Å². The van der Waals surface area contributed by atoms with E-state index in [1.807, 2.05) is 18.3 Å². The van der Waals surface area contributed by atoms with Crippen molar-refractivity contribution in [1.29, 1.82) is 0 Å². The van der Waals surface area contributed by atoms with Gasteiger partial charge < -0.3 is 20.9 Å². The number of nitrogens with zero attached hydrogens (tertiary/aromatic N) is 6. The number of hydrogen-bond donors (Lipinski definition) is 3. The summed E-state index contributed by atoms with van der Waals surface area (Å²) >= 11 is 0. The van der Waals surface area contributed by atoms with Gasteiger partial charge in [0.05, 0.1) is 17.4 Å². The molecule has 0 spiro atoms. The van der Waals surface area contributed by atoms with Crippen LogP contribution in [0.5, 0.6) is 0 Å². The topological polar surface area (TPSA) is 154 Å². The van der Waals surface area contributed by atoms with Gasteiger partial charge in [0.1, 0.15) is 11.5 Å². The second-order valence-electron chi connectivity index (χ2n) is 12.3. The summed E-state index contributed by atoms with van der Waals surface area (Å²) in [6.07, 6.45) is 10.7. The van der Waals surface area contributed by atoms with Crippen LogP contribution in [0.15, 0.2) is 42.0 Å². The average molecular weight is 644 g/mol. The molecule has 13 heteroatoms. The number of aryl methyl sites for hydroxylation is 1. The normalized spacial score (nSPS) is 15.5. The molecule has 0 bridgehead atoms. The summed E-state index contributed by atoms with van der Waals surface area (Å²) < 4.78 is 1.71. The molecule has 5 rings (SSSR count). The molecule has 3 aromatic heterocycles. The van der Waals surface area contributed by atoms with Crippen LogP contribution in [0.25, 0.3) is 11.0 Å². The lowest BCUT2D eigenvalue weighted by Crippen LogP contribution is -2.47. The summed E-state index contributed by atoms with van der Waals surface area (Å²) in [6, 6.07) is 3.92. The number of rotatable bonds is 14. The van der Waals surface area contributed by atoms with Crippen LogP contribution in [0, 0.1) is 6.92 Å². The van der Waals surface area contributed by atoms with Gasteiger partial charge in [-0.1, -0.05) is 19.4 Å². The van der Waals surface area contributed by atoms with Crippen molar-refractivity contribution in [2.45, 2.75) is 64.8 Å². The maximum atomic E-state index is 13.5. The Morgan fingerprint density at radius 1 is 1.00 bits per heavy atom. The van der Waals surface area contributed by atoms with Gasteiger partial charge >= 0.3 is 0 Å². The maximum Gasteiger partial charge on any atom is 0.263 e. The summed E-state index contributed by atoms with van der Waals surface area (Å²) in [7, 11) is 0. The summed E-state index contributed by atoms with van der Waals surface area (Å²) in [5.74, 6) is 0.554. The molecular weight excluding hydrogens is 598 g/mol. The van der Waals surface area contributed by atoms with Crippen LogP contribution < -0.4 is 26.4 Å². The van der Waals surface area contributed by atoms with E-state index in [4.69, 9.17) is 4.98 Å². The van der Waals surface area contributed by atoms with Crippen LogP contribution >= 0.6 is 0 Å². The van der Waals surface area contributed by atoms with Gasteiger partial charge in [-0.15, -0.1) is 0 Å². The van der Waals surface area contributed by atoms with Crippen molar-refractivity contribution in [1.82, 2.24) is 35.1 Å². The van der Waals surface area contributed by atoms with Crippen molar-refractivity contribution in [3.8, 4) is 0 Å². The van der Waals surface area contributed by atoms with Crippen LogP contribution in [0.3, 0.4) is 0 Å². The quantitative estimate of drug-likeness (QED) is 0.135. The molecule has 1 saturated carbocycles. The largest absolute Gasteiger partial charge is 0.368 e. The Labute approximate surface area is 274 Å². The highest BCUT2D eigenvalue weighted by Crippen LogP contribution is 2.32. The van der Waals surface area contributed by atoms with E-state index >= 15 is 0 Å². The number of carbonyl (C=O) groups is 3. The maximum absolute atomic E-state index is 13.5. The smallest absolute Gasteiger partial charge is 0.263 e. The molecule has 13 nitrogen and oxygen atoms in total. The predicted molar refractivity (Wildman–Crippen MR) is 182 cm³/mol. The van der Waals surface area contributed by atoms with Gasteiger partial charge in [-0.25, -0.2) is 9.97 Å². The van der Waals surface area contributed by atoms with Crippen LogP contribution in [0.2, 0.25) is 0 Å². The van der Waals surface area contributed by atoms with Gasteiger partial charge in [-0.3, -0.25) is 28.6 Å². The Morgan fingerprint density at radius 3 is 2.38 bits per heavy atom. The van der Waals surface area contributed by atoms with Crippen molar-refractivity contribution in [3.05, 3.63) is 58.7 Å². The first-order chi connectivity index (χ1) is 22.7. The minimum absolute atomic E-state index is 0.0155. The standard InChI is InChI=1S/C34H45N9O4/c1-4-29(45)35-14-7-8-15-36-30(46)13-16-41-17-19-42(20-18-41)26-11-12-28(37-21-26)39-34-38-22-27-23(2)31(24(3)44)33(47)43(32(27)40-34)25-9-5-6-10-25/h4,11-12,21-22,25H,1,5-10,13-20H2,2-3H3,(H,35,45)(H,36,46)(H,37,38,39,40). The molecule has 3 aromatic rings. The third kappa shape index (κ3) is 8.39. The number of piperazine rings is 1. The minimum Gasteiger partial charge on any atom is -0.368 e. The predicted octanol–water partition coefficient (Wildman–Crippen LogP) is 3.27. The number of Topliss-reactive ketones (excluding diaryl/α,β-unsaturated/α-hetero) is 1. The average Bonchev–Trinajstić information content (AvgIpc) is 3.60. The van der Waals surface area contributed by atoms with Crippen LogP contribution in [0.1, 0.15) is 73.8 Å². The lowest BCUT2D eigenvalue weighted by atomic mass is 10.0. The number of pyridine rings is 2. The number of amides is 2. The molecule has 0 radical (unpaired) electrons. The van der Waals surface area contributed by atoms with Gasteiger partial charge in [-0.05, 0) is 63.3 Å². The van der Waals surface area contributed by atoms with Crippen molar-refractivity contribution in [2.24, 2.45) is 0 Å². The highest BCUT2D eigenvalue weighted by molar-refractivity contribution is 5.99. The number of unbranched alkanes of at least 4 members (excludes halogenated alkanes) is 1. The van der Waals surface area contributed by atoms with Gasteiger partial charge in [0.15, 0.2) is 5.78 Å². The van der Waals surface area contributed by atoms with Gasteiger partial charge in [-0.2, -0.15) is 4.98 Å². The zero-order valence-electron chi connectivity index (χ0n) is 27.4. The summed E-state index contributed by atoms with van der Waals surface area (Å²) in [6.45, 7) is 11.9. The van der Waals surface area contributed by atoms with Gasteiger partial charge in [0.2, 0.25) is 17.8 Å². The zero-order chi connectivity index (χ0) is 33.3. The molecule has 47 heavy (non-hydrogen) atoms. The monoisotopic (exact) mass is 643 g/mol. The molecule has 1 saturated heterocycles. The van der Waals surface area contributed by atoms with Crippen molar-refractivity contribution in [2.75, 3.05) is 56.0 Å². The number of fused-ring (bicyclic) bond motifs is 1. The fourth-order valence-corrected chi connectivity index (χ4v) is 6.41. The fraction of sp³-hybridized carbons (Fsp3) is 0.500. The molecule has 0 aromatic carbocycles. The molecule has 0 atom stereocenters. The highest BCUT2D eigenvalue weighted by Gasteiger charge is 2.26. The van der Waals surface area contributed by atoms with E-state index < -0.39 is 0 Å². The number of ketones is 1. The van der Waals surface area contributed by atoms with E-state index in [1.54, 1.807) is 17.7 Å². The molecule has 3 N–H and O–H groups in total. The van der Waals surface area contributed by atoms with E-state index in [-0.39, 0.29) is 34.8 Å². The van der Waals surface area contributed by atoms with Crippen LogP contribution in [-0.2, 0) is 9.59 Å². The first-order valence-corrected chi connectivity index (χ1v) is 16.5. The molecule has 0 unspecified atom stereocenters. The molecule has 2 amide bonds. The second-order valence-corrected chi connectivity index (χ2v) is 12.3. The molecule has 4 heterocycles. The third-order valence-electron chi connectivity index (χ3n) is 9.04. The Bertz CT molecular complexity index is 1660. The molecular formula is C34H45N9O4. The number of hydrogen-bond acceptors (Lipinski definition) is 10. The fourth-order valence-electron chi connectivity index (χ4n) is 6.41. The summed E-state index contributed by atoms with van der Waals surface area (Å²) in [5, 5.41) is 9.58. The number of anilines is 3. The van der Waals surface area contributed by atoms with Crippen LogP contribution in [-0.4, -0.2) is 87.8 Å². The Hall–Kier alpha value is -4.65. The molecule has 2 fully saturated rings. The number of carbonyl (C=O) groups excluding carboxylic acids is 3. The summed E-state index contributed by atoms with van der Waals surface area (Å²) in [5.41, 5.74) is 2.11. The van der Waals surface area contributed by atoms with Crippen LogP contribution in [0.4, 0.5) is 17.5 Å². The number of aromatic nitrogens is 4. The lowest BCUT2D eigenvalue weighted by Gasteiger charge is -2.35. The highest BCUT2D eigenvalue weighted by atomic mass is 16.2. The third-order valence-corrected chi connectivity index (χ3v) is 9.04. The van der Waals surface area contributed by atoms with E-state index in [9.17, 15) is 19.2 Å². The van der Waals surface area contributed by atoms with Crippen molar-refractivity contribution < 1.29 is 14.4 Å². The Balaban J connectivity index is 1.12. The zero-order valence-corrected chi connectivity index (χ0v) is 27.4. The van der Waals surface area contributed by atoms with Gasteiger partial charge in [0, 0.05) is 69.9 Å². The second kappa shape index (κ2) is 15.8. The SMILES string of the molecule is C=CC(=O)NCCCCNC(=O)CCN1CCN(c2ccc(Nc3ncc4c(C)c(C(C)=O)c(=O)n(C5CCCC5)c4n3)nc2)CC1. The van der Waals surface area contributed by atoms with Gasteiger partial charge in [0.25, 0.3) is 5.56 Å². The van der Waals surface area contributed by atoms with Crippen molar-refractivity contribution >= 4 is 46.1 Å². The Kier molecular flexibility index (Phi) is 11.3. The summed E-state index contributed by atoms with van der Waals surface area (Å²) in [4.78, 5) is 67.7. The molecule has 1 aliphatic heterocycles. The Morgan fingerprint density at radius 2 is 1.72 bits per heavy atom. The molecule has 2 aliphatic rings. The van der Waals surface area contributed by atoms with E-state index in [2.05, 4.69) is 42.3 Å². The molecule has 250 valence electrons. The van der Waals surface area contributed by atoms with E-state index in [0.29, 0.717) is 54.4 Å². The number of nitrogens with one attached hydrogen (secondary N) is 3. The molecule has 1 aliphatic carbocycles. The lowest BCUT2D eigenvalue weighted by molar-refractivity contribution is -0.121. The van der Waals surface area contributed by atoms with E-state index in [1.165, 1.54) is 13.0 Å². The first kappa shape index (κ1) is 33.7.